The Labute approximate surface area is 140 Å². The number of carboxylic acid groups (broad SMARTS) is 1. The van der Waals surface area contributed by atoms with E-state index in [9.17, 15) is 19.1 Å². The molecule has 0 radical (unpaired) electrons. The zero-order valence-corrected chi connectivity index (χ0v) is 13.7. The van der Waals surface area contributed by atoms with Gasteiger partial charge < -0.3 is 14.7 Å². The maximum atomic E-state index is 13.4. The van der Waals surface area contributed by atoms with Gasteiger partial charge in [0.2, 0.25) is 5.91 Å². The molecule has 0 saturated carbocycles. The van der Waals surface area contributed by atoms with E-state index >= 15 is 0 Å². The molecular formula is C18H22FNO4. The first-order valence-electron chi connectivity index (χ1n) is 8.33. The fourth-order valence-electron chi connectivity index (χ4n) is 3.95. The smallest absolute Gasteiger partial charge is 0.308 e. The van der Waals surface area contributed by atoms with E-state index in [1.165, 1.54) is 12.1 Å². The maximum absolute atomic E-state index is 13.4. The zero-order valence-electron chi connectivity index (χ0n) is 13.7. The summed E-state index contributed by atoms with van der Waals surface area (Å²) in [5.41, 5.74) is 0.0244. The molecule has 2 unspecified atom stereocenters. The number of hydrogen-bond acceptors (Lipinski definition) is 3. The predicted molar refractivity (Wildman–Crippen MR) is 85.0 cm³/mol. The molecule has 5 nitrogen and oxygen atoms in total. The van der Waals surface area contributed by atoms with Crippen LogP contribution in [0.1, 0.15) is 31.7 Å². The number of ether oxygens (including phenoxy) is 1. The second kappa shape index (κ2) is 6.51. The fourth-order valence-corrected chi connectivity index (χ4v) is 3.95. The summed E-state index contributed by atoms with van der Waals surface area (Å²) in [4.78, 5) is 26.4. The van der Waals surface area contributed by atoms with Gasteiger partial charge in [0.15, 0.2) is 0 Å². The molecule has 1 aromatic rings. The van der Waals surface area contributed by atoms with Gasteiger partial charge in [-0.15, -0.1) is 0 Å². The van der Waals surface area contributed by atoms with Crippen molar-refractivity contribution in [3.05, 3.63) is 35.6 Å². The van der Waals surface area contributed by atoms with Crippen LogP contribution in [0.5, 0.6) is 0 Å². The highest BCUT2D eigenvalue weighted by molar-refractivity contribution is 5.89. The molecule has 1 amide bonds. The SMILES string of the molecule is CC1C(C(=O)O)CCN1C(=O)C1(c2ccc(F)cc2)CCOCC1. The number of rotatable bonds is 3. The zero-order chi connectivity index (χ0) is 17.3. The van der Waals surface area contributed by atoms with Gasteiger partial charge in [-0.3, -0.25) is 9.59 Å². The van der Waals surface area contributed by atoms with E-state index in [4.69, 9.17) is 4.74 Å². The number of amides is 1. The Morgan fingerprint density at radius 1 is 1.25 bits per heavy atom. The molecule has 6 heteroatoms. The molecule has 130 valence electrons. The summed E-state index contributed by atoms with van der Waals surface area (Å²) in [7, 11) is 0. The van der Waals surface area contributed by atoms with Crippen molar-refractivity contribution in [1.82, 2.24) is 4.90 Å². The van der Waals surface area contributed by atoms with E-state index in [0.717, 1.165) is 5.56 Å². The van der Waals surface area contributed by atoms with E-state index < -0.39 is 17.3 Å². The van der Waals surface area contributed by atoms with E-state index in [1.54, 1.807) is 24.0 Å². The van der Waals surface area contributed by atoms with Gasteiger partial charge in [0.1, 0.15) is 5.82 Å². The maximum Gasteiger partial charge on any atom is 0.308 e. The lowest BCUT2D eigenvalue weighted by Crippen LogP contribution is -2.51. The Kier molecular flexibility index (Phi) is 4.58. The third-order valence-electron chi connectivity index (χ3n) is 5.49. The van der Waals surface area contributed by atoms with Crippen molar-refractivity contribution < 1.29 is 23.8 Å². The minimum atomic E-state index is -0.861. The molecule has 1 aromatic carbocycles. The number of carboxylic acids is 1. The molecule has 0 aromatic heterocycles. The number of likely N-dealkylation sites (tertiary alicyclic amines) is 1. The number of hydrogen-bond donors (Lipinski definition) is 1. The Morgan fingerprint density at radius 3 is 2.42 bits per heavy atom. The molecule has 0 spiro atoms. The molecule has 0 bridgehead atoms. The summed E-state index contributed by atoms with van der Waals surface area (Å²) in [6, 6.07) is 5.72. The first-order valence-corrected chi connectivity index (χ1v) is 8.33. The third-order valence-corrected chi connectivity index (χ3v) is 5.49. The number of aliphatic carboxylic acids is 1. The second-order valence-electron chi connectivity index (χ2n) is 6.67. The molecule has 2 fully saturated rings. The van der Waals surface area contributed by atoms with Crippen LogP contribution in [0.2, 0.25) is 0 Å². The molecule has 2 aliphatic heterocycles. The predicted octanol–water partition coefficient (Wildman–Crippen LogP) is 2.20. The Morgan fingerprint density at radius 2 is 1.88 bits per heavy atom. The Balaban J connectivity index is 1.93. The molecule has 2 heterocycles. The monoisotopic (exact) mass is 335 g/mol. The van der Waals surface area contributed by atoms with Crippen molar-refractivity contribution in [3.8, 4) is 0 Å². The van der Waals surface area contributed by atoms with Crippen molar-refractivity contribution in [2.75, 3.05) is 19.8 Å². The molecule has 2 saturated heterocycles. The fraction of sp³-hybridized carbons (Fsp3) is 0.556. The van der Waals surface area contributed by atoms with Crippen molar-refractivity contribution in [2.45, 2.75) is 37.6 Å². The normalized spacial score (nSPS) is 26.3. The van der Waals surface area contributed by atoms with Crippen LogP contribution >= 0.6 is 0 Å². The molecule has 24 heavy (non-hydrogen) atoms. The van der Waals surface area contributed by atoms with Gasteiger partial charge in [-0.1, -0.05) is 12.1 Å². The molecule has 3 rings (SSSR count). The second-order valence-corrected chi connectivity index (χ2v) is 6.67. The number of benzene rings is 1. The lowest BCUT2D eigenvalue weighted by molar-refractivity contribution is -0.145. The van der Waals surface area contributed by atoms with E-state index in [0.29, 0.717) is 39.0 Å². The summed E-state index contributed by atoms with van der Waals surface area (Å²) in [6.07, 6.45) is 1.52. The first kappa shape index (κ1) is 16.9. The molecule has 0 aliphatic carbocycles. The van der Waals surface area contributed by atoms with Crippen LogP contribution < -0.4 is 0 Å². The minimum Gasteiger partial charge on any atom is -0.481 e. The van der Waals surface area contributed by atoms with Gasteiger partial charge in [-0.25, -0.2) is 4.39 Å². The average molecular weight is 335 g/mol. The lowest BCUT2D eigenvalue weighted by atomic mass is 9.73. The van der Waals surface area contributed by atoms with Crippen LogP contribution in [0.4, 0.5) is 4.39 Å². The average Bonchev–Trinajstić information content (AvgIpc) is 2.97. The Hall–Kier alpha value is -1.95. The van der Waals surface area contributed by atoms with Gasteiger partial charge >= 0.3 is 5.97 Å². The standard InChI is InChI=1S/C18H22FNO4/c1-12-15(16(21)22)6-9-20(12)17(23)18(7-10-24-11-8-18)13-2-4-14(19)5-3-13/h2-5,12,15H,6-11H2,1H3,(H,21,22). The largest absolute Gasteiger partial charge is 0.481 e. The van der Waals surface area contributed by atoms with Crippen molar-refractivity contribution >= 4 is 11.9 Å². The summed E-state index contributed by atoms with van der Waals surface area (Å²) >= 11 is 0. The van der Waals surface area contributed by atoms with Gasteiger partial charge in [-0.2, -0.15) is 0 Å². The number of nitrogens with zero attached hydrogens (tertiary/aromatic N) is 1. The lowest BCUT2D eigenvalue weighted by Gasteiger charge is -2.40. The van der Waals surface area contributed by atoms with E-state index in [-0.39, 0.29) is 17.8 Å². The molecule has 2 aliphatic rings. The van der Waals surface area contributed by atoms with Crippen LogP contribution in [0.15, 0.2) is 24.3 Å². The van der Waals surface area contributed by atoms with Gasteiger partial charge in [0.05, 0.1) is 11.3 Å². The molecule has 1 N–H and O–H groups in total. The summed E-state index contributed by atoms with van der Waals surface area (Å²) in [6.45, 7) is 3.17. The van der Waals surface area contributed by atoms with E-state index in [1.807, 2.05) is 0 Å². The summed E-state index contributed by atoms with van der Waals surface area (Å²) in [5.74, 6) is -1.79. The summed E-state index contributed by atoms with van der Waals surface area (Å²) in [5, 5.41) is 9.31. The number of carbonyl (C=O) groups is 2. The third kappa shape index (κ3) is 2.79. The molecular weight excluding hydrogens is 313 g/mol. The highest BCUT2D eigenvalue weighted by atomic mass is 19.1. The van der Waals surface area contributed by atoms with Gasteiger partial charge in [0.25, 0.3) is 0 Å². The van der Waals surface area contributed by atoms with E-state index in [2.05, 4.69) is 0 Å². The van der Waals surface area contributed by atoms with Crippen LogP contribution in [-0.2, 0) is 19.7 Å². The number of carbonyl (C=O) groups excluding carboxylic acids is 1. The van der Waals surface area contributed by atoms with Gasteiger partial charge in [-0.05, 0) is 43.9 Å². The van der Waals surface area contributed by atoms with Crippen molar-refractivity contribution in [1.29, 1.82) is 0 Å². The van der Waals surface area contributed by atoms with Crippen molar-refractivity contribution in [3.63, 3.8) is 0 Å². The van der Waals surface area contributed by atoms with Crippen LogP contribution in [-0.4, -0.2) is 47.7 Å². The first-order chi connectivity index (χ1) is 11.5. The van der Waals surface area contributed by atoms with Crippen molar-refractivity contribution in [2.24, 2.45) is 5.92 Å². The quantitative estimate of drug-likeness (QED) is 0.919. The highest BCUT2D eigenvalue weighted by Gasteiger charge is 2.48. The summed E-state index contributed by atoms with van der Waals surface area (Å²) < 4.78 is 18.7. The minimum absolute atomic E-state index is 0.0614. The van der Waals surface area contributed by atoms with Crippen LogP contribution in [0.3, 0.4) is 0 Å². The highest BCUT2D eigenvalue weighted by Crippen LogP contribution is 2.39. The van der Waals surface area contributed by atoms with Gasteiger partial charge in [0, 0.05) is 25.8 Å². The Bertz CT molecular complexity index is 624. The van der Waals surface area contributed by atoms with Crippen LogP contribution in [0.25, 0.3) is 0 Å². The van der Waals surface area contributed by atoms with Crippen LogP contribution in [0, 0.1) is 11.7 Å². The molecule has 2 atom stereocenters. The number of halogens is 1. The topological polar surface area (TPSA) is 66.8 Å².